The summed E-state index contributed by atoms with van der Waals surface area (Å²) in [5.74, 6) is 0.211. The highest BCUT2D eigenvalue weighted by atomic mass is 35.5. The van der Waals surface area contributed by atoms with Crippen LogP contribution in [-0.2, 0) is 11.2 Å². The van der Waals surface area contributed by atoms with E-state index in [4.69, 9.17) is 11.6 Å². The van der Waals surface area contributed by atoms with Gasteiger partial charge in [-0.15, -0.1) is 0 Å². The molecule has 0 aliphatic heterocycles. The first-order valence-electron chi connectivity index (χ1n) is 6.84. The molecule has 2 rings (SSSR count). The van der Waals surface area contributed by atoms with Crippen LogP contribution in [-0.4, -0.2) is 23.7 Å². The Labute approximate surface area is 119 Å². The number of aliphatic hydroxyl groups is 1. The molecule has 1 fully saturated rings. The van der Waals surface area contributed by atoms with E-state index >= 15 is 0 Å². The molecular weight excluding hydrogens is 262 g/mol. The van der Waals surface area contributed by atoms with Crippen LogP contribution in [0.3, 0.4) is 0 Å². The number of amides is 1. The molecule has 1 amide bonds. The zero-order valence-corrected chi connectivity index (χ0v) is 11.7. The van der Waals surface area contributed by atoms with Gasteiger partial charge >= 0.3 is 0 Å². The summed E-state index contributed by atoms with van der Waals surface area (Å²) in [4.78, 5) is 11.8. The summed E-state index contributed by atoms with van der Waals surface area (Å²) in [5, 5.41) is 13.4. The van der Waals surface area contributed by atoms with E-state index in [1.807, 2.05) is 12.1 Å². The molecule has 2 atom stereocenters. The summed E-state index contributed by atoms with van der Waals surface area (Å²) in [6.07, 6.45) is 4.20. The summed E-state index contributed by atoms with van der Waals surface area (Å²) in [7, 11) is 0. The van der Waals surface area contributed by atoms with Crippen molar-refractivity contribution in [2.24, 2.45) is 5.92 Å². The van der Waals surface area contributed by atoms with Gasteiger partial charge in [-0.1, -0.05) is 36.6 Å². The predicted octanol–water partition coefficient (Wildman–Crippen LogP) is 2.55. The molecule has 1 aromatic rings. The predicted molar refractivity (Wildman–Crippen MR) is 76.1 cm³/mol. The summed E-state index contributed by atoms with van der Waals surface area (Å²) in [5.41, 5.74) is 0.950. The number of hydrogen-bond acceptors (Lipinski definition) is 2. The van der Waals surface area contributed by atoms with Crippen LogP contribution in [0.4, 0.5) is 0 Å². The second-order valence-corrected chi connectivity index (χ2v) is 5.66. The van der Waals surface area contributed by atoms with E-state index in [1.165, 1.54) is 0 Å². The van der Waals surface area contributed by atoms with Crippen molar-refractivity contribution in [3.63, 3.8) is 0 Å². The van der Waals surface area contributed by atoms with Crippen molar-refractivity contribution in [3.05, 3.63) is 34.9 Å². The fourth-order valence-electron chi connectivity index (χ4n) is 2.52. The number of carbonyl (C=O) groups is 1. The largest absolute Gasteiger partial charge is 0.393 e. The Morgan fingerprint density at radius 2 is 1.95 bits per heavy atom. The molecule has 19 heavy (non-hydrogen) atoms. The molecule has 2 unspecified atom stereocenters. The molecule has 4 heteroatoms. The van der Waals surface area contributed by atoms with Gasteiger partial charge in [0, 0.05) is 17.5 Å². The van der Waals surface area contributed by atoms with Gasteiger partial charge in [0.05, 0.1) is 12.5 Å². The molecule has 104 valence electrons. The Hall–Kier alpha value is -1.06. The third-order valence-corrected chi connectivity index (χ3v) is 3.96. The van der Waals surface area contributed by atoms with Crippen molar-refractivity contribution in [1.82, 2.24) is 5.32 Å². The van der Waals surface area contributed by atoms with Crippen LogP contribution in [0.2, 0.25) is 5.02 Å². The van der Waals surface area contributed by atoms with Crippen LogP contribution < -0.4 is 5.32 Å². The first-order valence-corrected chi connectivity index (χ1v) is 7.22. The summed E-state index contributed by atoms with van der Waals surface area (Å²) < 4.78 is 0. The number of hydrogen-bond donors (Lipinski definition) is 2. The van der Waals surface area contributed by atoms with E-state index < -0.39 is 0 Å². The lowest BCUT2D eigenvalue weighted by atomic mass is 9.86. The SMILES string of the molecule is O=C(Cc1ccc(Cl)cc1)NCC1CCCCC1O. The number of benzene rings is 1. The average Bonchev–Trinajstić information content (AvgIpc) is 2.40. The molecule has 0 aromatic heterocycles. The second-order valence-electron chi connectivity index (χ2n) is 5.22. The summed E-state index contributed by atoms with van der Waals surface area (Å²) in [6.45, 7) is 0.577. The van der Waals surface area contributed by atoms with Crippen molar-refractivity contribution in [2.75, 3.05) is 6.54 Å². The van der Waals surface area contributed by atoms with Crippen molar-refractivity contribution in [2.45, 2.75) is 38.2 Å². The van der Waals surface area contributed by atoms with Gasteiger partial charge in [0.15, 0.2) is 0 Å². The fourth-order valence-corrected chi connectivity index (χ4v) is 2.65. The maximum atomic E-state index is 11.8. The molecule has 0 bridgehead atoms. The van der Waals surface area contributed by atoms with Gasteiger partial charge in [-0.2, -0.15) is 0 Å². The first-order chi connectivity index (χ1) is 9.15. The molecule has 3 nitrogen and oxygen atoms in total. The van der Waals surface area contributed by atoms with Gasteiger partial charge < -0.3 is 10.4 Å². The van der Waals surface area contributed by atoms with Crippen LogP contribution in [0.5, 0.6) is 0 Å². The Bertz CT molecular complexity index is 419. The van der Waals surface area contributed by atoms with Crippen LogP contribution in [0.15, 0.2) is 24.3 Å². The second kappa shape index (κ2) is 6.92. The van der Waals surface area contributed by atoms with Gasteiger partial charge in [0.25, 0.3) is 0 Å². The van der Waals surface area contributed by atoms with E-state index in [1.54, 1.807) is 12.1 Å². The van der Waals surface area contributed by atoms with E-state index in [2.05, 4.69) is 5.32 Å². The van der Waals surface area contributed by atoms with Crippen molar-refractivity contribution >= 4 is 17.5 Å². The van der Waals surface area contributed by atoms with Crippen molar-refractivity contribution < 1.29 is 9.90 Å². The fraction of sp³-hybridized carbons (Fsp3) is 0.533. The minimum atomic E-state index is -0.260. The van der Waals surface area contributed by atoms with Gasteiger partial charge in [0.2, 0.25) is 5.91 Å². The lowest BCUT2D eigenvalue weighted by Gasteiger charge is -2.27. The molecule has 1 saturated carbocycles. The average molecular weight is 282 g/mol. The molecule has 0 saturated heterocycles. The highest BCUT2D eigenvalue weighted by Crippen LogP contribution is 2.23. The molecular formula is C15H20ClNO2. The van der Waals surface area contributed by atoms with E-state index in [0.717, 1.165) is 31.2 Å². The quantitative estimate of drug-likeness (QED) is 0.891. The number of carbonyl (C=O) groups excluding carboxylic acids is 1. The molecule has 1 aromatic carbocycles. The van der Waals surface area contributed by atoms with Crippen molar-refractivity contribution in [1.29, 1.82) is 0 Å². The minimum absolute atomic E-state index is 0.0000888. The molecule has 0 heterocycles. The van der Waals surface area contributed by atoms with E-state index in [-0.39, 0.29) is 17.9 Å². The lowest BCUT2D eigenvalue weighted by molar-refractivity contribution is -0.120. The zero-order chi connectivity index (χ0) is 13.7. The topological polar surface area (TPSA) is 49.3 Å². The standard InChI is InChI=1S/C15H20ClNO2/c16-13-7-5-11(6-8-13)9-15(19)17-10-12-3-1-2-4-14(12)18/h5-8,12,14,18H,1-4,9-10H2,(H,17,19). The molecule has 0 spiro atoms. The number of nitrogens with one attached hydrogen (secondary N) is 1. The van der Waals surface area contributed by atoms with E-state index in [9.17, 15) is 9.90 Å². The van der Waals surface area contributed by atoms with Crippen LogP contribution >= 0.6 is 11.6 Å². The van der Waals surface area contributed by atoms with Gasteiger partial charge in [-0.25, -0.2) is 0 Å². The molecule has 1 aliphatic rings. The monoisotopic (exact) mass is 281 g/mol. The Kier molecular flexibility index (Phi) is 5.23. The highest BCUT2D eigenvalue weighted by molar-refractivity contribution is 6.30. The summed E-state index contributed by atoms with van der Waals surface area (Å²) in [6, 6.07) is 7.29. The molecule has 0 radical (unpaired) electrons. The van der Waals surface area contributed by atoms with Crippen LogP contribution in [0, 0.1) is 5.92 Å². The van der Waals surface area contributed by atoms with Gasteiger partial charge in [-0.05, 0) is 30.5 Å². The molecule has 1 aliphatic carbocycles. The smallest absolute Gasteiger partial charge is 0.224 e. The lowest BCUT2D eigenvalue weighted by Crippen LogP contribution is -2.37. The Morgan fingerprint density at radius 1 is 1.26 bits per heavy atom. The van der Waals surface area contributed by atoms with Gasteiger partial charge in [-0.3, -0.25) is 4.79 Å². The third-order valence-electron chi connectivity index (χ3n) is 3.71. The minimum Gasteiger partial charge on any atom is -0.393 e. The van der Waals surface area contributed by atoms with Crippen LogP contribution in [0.1, 0.15) is 31.2 Å². The van der Waals surface area contributed by atoms with Gasteiger partial charge in [0.1, 0.15) is 0 Å². The number of aliphatic hydroxyl groups excluding tert-OH is 1. The van der Waals surface area contributed by atoms with Crippen LogP contribution in [0.25, 0.3) is 0 Å². The highest BCUT2D eigenvalue weighted by Gasteiger charge is 2.23. The van der Waals surface area contributed by atoms with Crippen molar-refractivity contribution in [3.8, 4) is 0 Å². The molecule has 2 N–H and O–H groups in total. The maximum absolute atomic E-state index is 11.8. The number of halogens is 1. The number of rotatable bonds is 4. The normalized spacial score (nSPS) is 23.1. The first kappa shape index (κ1) is 14.4. The summed E-state index contributed by atoms with van der Waals surface area (Å²) >= 11 is 5.80. The zero-order valence-electron chi connectivity index (χ0n) is 10.9. The van der Waals surface area contributed by atoms with E-state index in [0.29, 0.717) is 18.0 Å². The Morgan fingerprint density at radius 3 is 2.63 bits per heavy atom. The maximum Gasteiger partial charge on any atom is 0.224 e. The third kappa shape index (κ3) is 4.51. The Balaban J connectivity index is 1.76.